The molecule has 0 aromatic carbocycles. The molecule has 0 spiro atoms. The van der Waals surface area contributed by atoms with Gasteiger partial charge < -0.3 is 39.4 Å². The zero-order valence-electron chi connectivity index (χ0n) is 45.9. The van der Waals surface area contributed by atoms with E-state index in [-0.39, 0.29) is 133 Å². The van der Waals surface area contributed by atoms with Gasteiger partial charge in [0.15, 0.2) is 0 Å². The van der Waals surface area contributed by atoms with Crippen molar-refractivity contribution in [3.8, 4) is 0 Å². The maximum atomic E-state index is 13.4. The van der Waals surface area contributed by atoms with Crippen molar-refractivity contribution in [3.63, 3.8) is 0 Å². The molecule has 8 aliphatic carbocycles. The summed E-state index contributed by atoms with van der Waals surface area (Å²) in [5, 5.41) is 66.9. The van der Waals surface area contributed by atoms with Crippen LogP contribution in [0.2, 0.25) is 0 Å². The third-order valence-electron chi connectivity index (χ3n) is 23.8. The van der Waals surface area contributed by atoms with Gasteiger partial charge in [-0.15, -0.1) is 10.2 Å². The second-order valence-electron chi connectivity index (χ2n) is 27.2. The first-order chi connectivity index (χ1) is 36.1. The number of hydrogen-bond donors (Lipinski definition) is 4. The van der Waals surface area contributed by atoms with E-state index in [0.29, 0.717) is 75.6 Å². The molecule has 2 aromatic rings. The molecule has 8 aliphatic heterocycles. The van der Waals surface area contributed by atoms with Gasteiger partial charge in [0.1, 0.15) is 49.9 Å². The van der Waals surface area contributed by atoms with Gasteiger partial charge in [-0.05, 0) is 186 Å². The maximum Gasteiger partial charge on any atom is 0.328 e. The molecule has 20 atom stereocenters. The van der Waals surface area contributed by atoms with Crippen molar-refractivity contribution >= 4 is 23.9 Å². The average Bonchev–Trinajstić information content (AvgIpc) is 4.31. The Labute approximate surface area is 447 Å². The van der Waals surface area contributed by atoms with Gasteiger partial charge in [0.05, 0.1) is 35.8 Å². The Balaban J connectivity index is 0.771. The summed E-state index contributed by atoms with van der Waals surface area (Å²) in [5.74, 6) is -1.02. The Kier molecular flexibility index (Phi) is 14.2. The largest absolute Gasteiger partial charge is 0.461 e. The Morgan fingerprint density at radius 3 is 1.33 bits per heavy atom. The first kappa shape index (κ1) is 54.0. The highest BCUT2D eigenvalue weighted by atomic mass is 16.6. The summed E-state index contributed by atoms with van der Waals surface area (Å²) >= 11 is 0. The number of carbonyl (C=O) groups excluding carboxylic acids is 4. The zero-order valence-corrected chi connectivity index (χ0v) is 45.9. The Morgan fingerprint density at radius 1 is 0.513 bits per heavy atom. The SMILES string of the molecule is C[C@@H]1CCC(=O)OCc2cn(nn2)CC(=O)O[C@@H]2CC[C@@]3(C)[C@@H](CC[C@@]4(O)[C@@H]3C[C@H](O)[C@]3(C)[C@H](CC[C@@H]43)[C@H](C)CCC(=O)OCc3cn(nn3)CC(=O)O[C@@H]3CC[C@@]4(C)[C@@H](CC[C@@]5(O)[C@@H]4C[C@H](O)[C@]4(C)[C@@H]1CC[C@@H]54)C3)C2. The lowest BCUT2D eigenvalue weighted by atomic mass is 9.42. The number of esters is 4. The molecule has 2 aromatic heterocycles. The topological polar surface area (TPSA) is 248 Å². The first-order valence-corrected chi connectivity index (χ1v) is 29.4. The number of hydrogen-bond acceptors (Lipinski definition) is 16. The van der Waals surface area contributed by atoms with Crippen LogP contribution in [0.4, 0.5) is 0 Å². The molecule has 8 saturated carbocycles. The summed E-state index contributed by atoms with van der Waals surface area (Å²) in [4.78, 5) is 53.2. The fourth-order valence-corrected chi connectivity index (χ4v) is 19.8. The molecule has 18 rings (SSSR count). The van der Waals surface area contributed by atoms with Crippen LogP contribution in [0, 0.1) is 80.8 Å². The minimum atomic E-state index is -0.932. The lowest BCUT2D eigenvalue weighted by Crippen LogP contribution is -2.67. The van der Waals surface area contributed by atoms with Crippen LogP contribution in [0.15, 0.2) is 12.4 Å². The maximum absolute atomic E-state index is 13.4. The number of nitrogens with zero attached hydrogens (tertiary/aromatic N) is 6. The molecule has 76 heavy (non-hydrogen) atoms. The third kappa shape index (κ3) is 9.04. The summed E-state index contributed by atoms with van der Waals surface area (Å²) in [5.41, 5.74) is -2.50. The molecule has 420 valence electrons. The number of rotatable bonds is 0. The molecular weight excluding hydrogens is 973 g/mol. The van der Waals surface area contributed by atoms with Crippen LogP contribution in [-0.4, -0.2) is 110 Å². The Bertz CT molecular complexity index is 2350. The van der Waals surface area contributed by atoms with E-state index in [2.05, 4.69) is 62.2 Å². The number of aliphatic hydroxyl groups is 4. The zero-order chi connectivity index (χ0) is 53.7. The first-order valence-electron chi connectivity index (χ1n) is 29.4. The molecule has 0 radical (unpaired) electrons. The van der Waals surface area contributed by atoms with E-state index in [1.54, 1.807) is 12.4 Å². The monoisotopic (exact) mass is 1060 g/mol. The van der Waals surface area contributed by atoms with Crippen molar-refractivity contribution in [2.24, 2.45) is 80.8 Å². The van der Waals surface area contributed by atoms with Gasteiger partial charge in [0.25, 0.3) is 0 Å². The molecule has 20 bridgehead atoms. The van der Waals surface area contributed by atoms with Crippen LogP contribution in [0.5, 0.6) is 0 Å². The highest BCUT2D eigenvalue weighted by molar-refractivity contribution is 5.70. The van der Waals surface area contributed by atoms with E-state index in [9.17, 15) is 39.6 Å². The summed E-state index contributed by atoms with van der Waals surface area (Å²) in [6, 6.07) is 0. The van der Waals surface area contributed by atoms with Gasteiger partial charge >= 0.3 is 23.9 Å². The molecule has 18 nitrogen and oxygen atoms in total. The normalized spacial score (nSPS) is 47.4. The summed E-state index contributed by atoms with van der Waals surface area (Å²) < 4.78 is 26.3. The smallest absolute Gasteiger partial charge is 0.328 e. The molecule has 0 saturated heterocycles. The fraction of sp³-hybridized carbons (Fsp3) is 0.862. The fourth-order valence-electron chi connectivity index (χ4n) is 19.8. The standard InChI is InChI=1S/C58H86N6O12/c1-33-7-13-49(67)73-31-37-27-63(61-59-37)29-51(69)76-40-18-20-54(4)36(24-40)16-22-58(72)44-12-10-42(56(44,6)48(66)26-46(54)58)34(2)8-14-50(68)74-32-38-28-64(62-60-38)30-52(70)75-39-17-19-53(3)35(23-39)15-21-57(71)43-11-9-41(33)55(43,5)47(65)25-45(53)57/h27-28,33-36,39-48,65-66,71-72H,7-26,29-32H2,1-6H3/t33-,34-,35+,36+,39-,40-,41-,42-,43-,44-,45-,46-,47+,48+,53+,54+,55-,56-,57+,58+/m1/s1. The van der Waals surface area contributed by atoms with Gasteiger partial charge in [-0.25, -0.2) is 9.36 Å². The summed E-state index contributed by atoms with van der Waals surface area (Å²) in [6.45, 7) is 12.8. The summed E-state index contributed by atoms with van der Waals surface area (Å²) in [7, 11) is 0. The number of carbonyl (C=O) groups is 4. The summed E-state index contributed by atoms with van der Waals surface area (Å²) in [6.07, 6.45) is 14.5. The van der Waals surface area contributed by atoms with E-state index >= 15 is 0 Å². The highest BCUT2D eigenvalue weighted by Crippen LogP contribution is 2.72. The van der Waals surface area contributed by atoms with Gasteiger partial charge in [0, 0.05) is 23.7 Å². The van der Waals surface area contributed by atoms with Crippen LogP contribution in [0.1, 0.15) is 181 Å². The molecule has 10 heterocycles. The number of aromatic nitrogens is 6. The van der Waals surface area contributed by atoms with Crippen molar-refractivity contribution in [1.82, 2.24) is 30.0 Å². The number of aliphatic hydroxyl groups excluding tert-OH is 2. The highest BCUT2D eigenvalue weighted by Gasteiger charge is 2.71. The molecule has 4 N–H and O–H groups in total. The van der Waals surface area contributed by atoms with Crippen molar-refractivity contribution < 1.29 is 58.6 Å². The predicted molar refractivity (Wildman–Crippen MR) is 272 cm³/mol. The van der Waals surface area contributed by atoms with E-state index in [0.717, 1.165) is 51.4 Å². The molecule has 0 unspecified atom stereocenters. The third-order valence-corrected chi connectivity index (χ3v) is 23.8. The molecule has 16 aliphatic rings. The molecule has 8 fully saturated rings. The van der Waals surface area contributed by atoms with Crippen LogP contribution < -0.4 is 0 Å². The van der Waals surface area contributed by atoms with Crippen molar-refractivity contribution in [2.45, 2.75) is 232 Å². The van der Waals surface area contributed by atoms with E-state index < -0.39 is 46.2 Å². The Hall–Kier alpha value is -4.00. The van der Waals surface area contributed by atoms with Crippen LogP contribution >= 0.6 is 0 Å². The van der Waals surface area contributed by atoms with Crippen molar-refractivity contribution in [2.75, 3.05) is 0 Å². The van der Waals surface area contributed by atoms with E-state index in [1.807, 2.05) is 0 Å². The van der Waals surface area contributed by atoms with Crippen molar-refractivity contribution in [3.05, 3.63) is 23.8 Å². The average molecular weight is 1060 g/mol. The van der Waals surface area contributed by atoms with Gasteiger partial charge in [0.2, 0.25) is 0 Å². The van der Waals surface area contributed by atoms with E-state index in [1.165, 1.54) is 9.36 Å². The van der Waals surface area contributed by atoms with Crippen LogP contribution in [0.25, 0.3) is 0 Å². The lowest BCUT2D eigenvalue weighted by molar-refractivity contribution is -0.255. The lowest BCUT2D eigenvalue weighted by Gasteiger charge is -2.66. The minimum absolute atomic E-state index is 0.0768. The van der Waals surface area contributed by atoms with E-state index in [4.69, 9.17) is 18.9 Å². The van der Waals surface area contributed by atoms with Gasteiger partial charge in [-0.1, -0.05) is 52.0 Å². The predicted octanol–water partition coefficient (Wildman–Crippen LogP) is 6.82. The van der Waals surface area contributed by atoms with Gasteiger partial charge in [-0.2, -0.15) is 0 Å². The van der Waals surface area contributed by atoms with Crippen LogP contribution in [-0.2, 0) is 64.4 Å². The van der Waals surface area contributed by atoms with Gasteiger partial charge in [-0.3, -0.25) is 19.2 Å². The quantitative estimate of drug-likeness (QED) is 0.156. The second-order valence-corrected chi connectivity index (χ2v) is 27.2. The van der Waals surface area contributed by atoms with Crippen LogP contribution in [0.3, 0.4) is 0 Å². The second kappa shape index (κ2) is 20.0. The minimum Gasteiger partial charge on any atom is -0.461 e. The molecule has 0 amide bonds. The molecule has 18 heteroatoms. The molecular formula is C58H86N6O12. The van der Waals surface area contributed by atoms with Crippen molar-refractivity contribution in [1.29, 1.82) is 0 Å². The Morgan fingerprint density at radius 2 is 0.921 bits per heavy atom. The number of ether oxygens (including phenoxy) is 4.